The van der Waals surface area contributed by atoms with Gasteiger partial charge in [-0.2, -0.15) is 0 Å². The lowest BCUT2D eigenvalue weighted by molar-refractivity contribution is 0.165. The zero-order valence-electron chi connectivity index (χ0n) is 16.1. The van der Waals surface area contributed by atoms with Gasteiger partial charge in [0.1, 0.15) is 17.5 Å². The first-order valence-corrected chi connectivity index (χ1v) is 9.65. The highest BCUT2D eigenvalue weighted by Crippen LogP contribution is 2.38. The van der Waals surface area contributed by atoms with Gasteiger partial charge in [0, 0.05) is 28.9 Å². The van der Waals surface area contributed by atoms with Gasteiger partial charge in [0.2, 0.25) is 0 Å². The van der Waals surface area contributed by atoms with Gasteiger partial charge in [-0.05, 0) is 38.1 Å². The average molecular weight is 390 g/mol. The average Bonchev–Trinajstić information content (AvgIpc) is 3.14. The van der Waals surface area contributed by atoms with Crippen LogP contribution in [0.2, 0.25) is 0 Å². The number of nitrogens with zero attached hydrogens (tertiary/aromatic N) is 3. The number of nitrogens with one attached hydrogen (secondary N) is 2. The number of rotatable bonds is 4. The van der Waals surface area contributed by atoms with Gasteiger partial charge in [0.05, 0.1) is 30.4 Å². The Balaban J connectivity index is 1.65. The number of piperidine rings is 1. The fraction of sp³-hybridized carbons (Fsp3) is 0.286. The third kappa shape index (κ3) is 3.21. The number of aromatic amines is 1. The standard InChI is InChI=1S/C21H22N6O2/c1-28-15-6-12(8-24-10-15)13-7-16-18-17(27-21(16)26-9-13)11-25-20(22)19(18)29-14-2-4-23-5-3-14/h6-11,14,23H,2-5H2,1H3,(H2,22,25)(H,26,27). The molecule has 0 amide bonds. The molecule has 1 aliphatic rings. The first-order valence-electron chi connectivity index (χ1n) is 9.65. The molecule has 5 heterocycles. The van der Waals surface area contributed by atoms with Gasteiger partial charge in [0.15, 0.2) is 11.6 Å². The molecule has 0 aliphatic carbocycles. The largest absolute Gasteiger partial charge is 0.495 e. The molecule has 5 rings (SSSR count). The summed E-state index contributed by atoms with van der Waals surface area (Å²) in [6.07, 6.45) is 9.02. The zero-order chi connectivity index (χ0) is 19.8. The Bertz CT molecular complexity index is 1180. The maximum Gasteiger partial charge on any atom is 0.171 e. The molecule has 8 nitrogen and oxygen atoms in total. The number of methoxy groups -OCH3 is 1. The Hall–Kier alpha value is -3.39. The van der Waals surface area contributed by atoms with Crippen LogP contribution >= 0.6 is 0 Å². The maximum absolute atomic E-state index is 6.34. The second kappa shape index (κ2) is 7.21. The van der Waals surface area contributed by atoms with Crippen LogP contribution in [0.5, 0.6) is 11.5 Å². The first kappa shape index (κ1) is 17.7. The molecule has 1 saturated heterocycles. The third-order valence-corrected chi connectivity index (χ3v) is 5.32. The van der Waals surface area contributed by atoms with E-state index in [1.54, 1.807) is 25.7 Å². The highest BCUT2D eigenvalue weighted by Gasteiger charge is 2.21. The van der Waals surface area contributed by atoms with Gasteiger partial charge >= 0.3 is 0 Å². The van der Waals surface area contributed by atoms with E-state index in [9.17, 15) is 0 Å². The van der Waals surface area contributed by atoms with Crippen molar-refractivity contribution in [1.29, 1.82) is 0 Å². The van der Waals surface area contributed by atoms with E-state index in [0.717, 1.165) is 59.0 Å². The van der Waals surface area contributed by atoms with Crippen LogP contribution in [-0.4, -0.2) is 46.2 Å². The van der Waals surface area contributed by atoms with Crippen molar-refractivity contribution in [2.45, 2.75) is 18.9 Å². The van der Waals surface area contributed by atoms with E-state index in [0.29, 0.717) is 17.3 Å². The van der Waals surface area contributed by atoms with Crippen LogP contribution in [0, 0.1) is 0 Å². The lowest BCUT2D eigenvalue weighted by atomic mass is 10.1. The van der Waals surface area contributed by atoms with Crippen molar-refractivity contribution >= 4 is 27.8 Å². The summed E-state index contributed by atoms with van der Waals surface area (Å²) in [5.74, 6) is 1.72. The topological polar surface area (TPSA) is 111 Å². The summed E-state index contributed by atoms with van der Waals surface area (Å²) in [7, 11) is 1.63. The number of H-pyrrole nitrogens is 1. The molecule has 4 aromatic rings. The number of aromatic nitrogens is 4. The molecule has 148 valence electrons. The molecule has 0 aromatic carbocycles. The van der Waals surface area contributed by atoms with E-state index in [-0.39, 0.29) is 6.10 Å². The van der Waals surface area contributed by atoms with Crippen molar-refractivity contribution in [3.05, 3.63) is 36.9 Å². The second-order valence-electron chi connectivity index (χ2n) is 7.19. The molecule has 1 aliphatic heterocycles. The van der Waals surface area contributed by atoms with Gasteiger partial charge in [-0.25, -0.2) is 9.97 Å². The van der Waals surface area contributed by atoms with Gasteiger partial charge in [-0.1, -0.05) is 0 Å². The number of ether oxygens (including phenoxy) is 2. The molecule has 0 atom stereocenters. The summed E-state index contributed by atoms with van der Waals surface area (Å²) in [5.41, 5.74) is 9.71. The Kier molecular flexibility index (Phi) is 4.40. The number of nitrogens with two attached hydrogens (primary N) is 1. The smallest absolute Gasteiger partial charge is 0.171 e. The third-order valence-electron chi connectivity index (χ3n) is 5.32. The molecule has 0 spiro atoms. The number of pyridine rings is 3. The van der Waals surface area contributed by atoms with Crippen molar-refractivity contribution < 1.29 is 9.47 Å². The maximum atomic E-state index is 6.34. The summed E-state index contributed by atoms with van der Waals surface area (Å²) in [5, 5.41) is 5.21. The molecule has 0 unspecified atom stereocenters. The minimum atomic E-state index is 0.120. The van der Waals surface area contributed by atoms with Crippen LogP contribution in [0.25, 0.3) is 33.1 Å². The van der Waals surface area contributed by atoms with Crippen LogP contribution in [0.4, 0.5) is 5.82 Å². The molecule has 0 radical (unpaired) electrons. The van der Waals surface area contributed by atoms with E-state index >= 15 is 0 Å². The monoisotopic (exact) mass is 390 g/mol. The predicted molar refractivity (Wildman–Crippen MR) is 112 cm³/mol. The number of nitrogen functional groups attached to an aromatic ring is 1. The van der Waals surface area contributed by atoms with Crippen molar-refractivity contribution in [1.82, 2.24) is 25.3 Å². The Morgan fingerprint density at radius 2 is 1.86 bits per heavy atom. The molecule has 0 bridgehead atoms. The number of anilines is 1. The van der Waals surface area contributed by atoms with E-state index in [2.05, 4.69) is 31.3 Å². The van der Waals surface area contributed by atoms with Crippen LogP contribution in [-0.2, 0) is 0 Å². The number of hydrogen-bond acceptors (Lipinski definition) is 7. The summed E-state index contributed by atoms with van der Waals surface area (Å²) in [6, 6.07) is 4.01. The molecular weight excluding hydrogens is 368 g/mol. The Morgan fingerprint density at radius 1 is 1.03 bits per heavy atom. The van der Waals surface area contributed by atoms with Gasteiger partial charge < -0.3 is 25.5 Å². The quantitative estimate of drug-likeness (QED) is 0.491. The molecule has 4 aromatic heterocycles. The van der Waals surface area contributed by atoms with Crippen LogP contribution in [0.1, 0.15) is 12.8 Å². The van der Waals surface area contributed by atoms with Crippen molar-refractivity contribution in [2.24, 2.45) is 0 Å². The molecule has 29 heavy (non-hydrogen) atoms. The first-order chi connectivity index (χ1) is 14.2. The van der Waals surface area contributed by atoms with Crippen molar-refractivity contribution in [3.63, 3.8) is 0 Å². The van der Waals surface area contributed by atoms with Crippen LogP contribution < -0.4 is 20.5 Å². The Labute approximate surface area is 167 Å². The zero-order valence-corrected chi connectivity index (χ0v) is 16.1. The highest BCUT2D eigenvalue weighted by molar-refractivity contribution is 6.11. The summed E-state index contributed by atoms with van der Waals surface area (Å²) in [6.45, 7) is 1.88. The van der Waals surface area contributed by atoms with Gasteiger partial charge in [0.25, 0.3) is 0 Å². The minimum absolute atomic E-state index is 0.120. The predicted octanol–water partition coefficient (Wildman–Crippen LogP) is 2.89. The fourth-order valence-electron chi connectivity index (χ4n) is 3.80. The molecule has 0 saturated carbocycles. The molecular formula is C21H22N6O2. The number of hydrogen-bond donors (Lipinski definition) is 3. The molecule has 4 N–H and O–H groups in total. The van der Waals surface area contributed by atoms with Crippen LogP contribution in [0.3, 0.4) is 0 Å². The molecule has 8 heteroatoms. The van der Waals surface area contributed by atoms with E-state index in [1.807, 2.05) is 12.3 Å². The lowest BCUT2D eigenvalue weighted by Gasteiger charge is -2.24. The van der Waals surface area contributed by atoms with Crippen LogP contribution in [0.15, 0.2) is 36.9 Å². The van der Waals surface area contributed by atoms with Gasteiger partial charge in [-0.15, -0.1) is 0 Å². The minimum Gasteiger partial charge on any atom is -0.495 e. The van der Waals surface area contributed by atoms with E-state index in [1.165, 1.54) is 0 Å². The van der Waals surface area contributed by atoms with E-state index in [4.69, 9.17) is 15.2 Å². The Morgan fingerprint density at radius 3 is 2.69 bits per heavy atom. The lowest BCUT2D eigenvalue weighted by Crippen LogP contribution is -2.34. The second-order valence-corrected chi connectivity index (χ2v) is 7.19. The van der Waals surface area contributed by atoms with Crippen molar-refractivity contribution in [3.8, 4) is 22.6 Å². The highest BCUT2D eigenvalue weighted by atomic mass is 16.5. The summed E-state index contributed by atoms with van der Waals surface area (Å²) < 4.78 is 11.6. The SMILES string of the molecule is COc1cncc(-c2cnc3[nH]c4cnc(N)c(OC5CCNCC5)c4c3c2)c1. The molecule has 1 fully saturated rings. The van der Waals surface area contributed by atoms with E-state index < -0.39 is 0 Å². The van der Waals surface area contributed by atoms with Crippen molar-refractivity contribution in [2.75, 3.05) is 25.9 Å². The summed E-state index contributed by atoms with van der Waals surface area (Å²) >= 11 is 0. The fourth-order valence-corrected chi connectivity index (χ4v) is 3.80. The number of fused-ring (bicyclic) bond motifs is 3. The normalized spacial score (nSPS) is 15.1. The summed E-state index contributed by atoms with van der Waals surface area (Å²) in [4.78, 5) is 16.5. The van der Waals surface area contributed by atoms with Gasteiger partial charge in [-0.3, -0.25) is 4.98 Å².